The zero-order valence-corrected chi connectivity index (χ0v) is 14.2. The van der Waals surface area contributed by atoms with Gasteiger partial charge in [0.05, 0.1) is 13.7 Å². The first-order valence-corrected chi connectivity index (χ1v) is 8.28. The van der Waals surface area contributed by atoms with Crippen LogP contribution in [0.3, 0.4) is 0 Å². The molecule has 6 heteroatoms. The number of aromatic nitrogens is 1. The number of carbonyl (C=O) groups is 2. The van der Waals surface area contributed by atoms with Crippen molar-refractivity contribution < 1.29 is 14.3 Å². The van der Waals surface area contributed by atoms with E-state index in [9.17, 15) is 9.59 Å². The maximum absolute atomic E-state index is 12.7. The molecule has 1 saturated carbocycles. The monoisotopic (exact) mass is 319 g/mol. The number of aryl methyl sites for hydroxylation is 1. The molecule has 1 aliphatic carbocycles. The van der Waals surface area contributed by atoms with E-state index in [0.29, 0.717) is 38.8 Å². The number of Topliss-reactive ketones (excluding diaryl/α,β-unsaturated/α-hetero) is 1. The Bertz CT molecular complexity index is 611. The van der Waals surface area contributed by atoms with Crippen LogP contribution in [0.25, 0.3) is 0 Å². The van der Waals surface area contributed by atoms with Gasteiger partial charge in [0.1, 0.15) is 0 Å². The number of ether oxygens (including phenoxy) is 1. The number of piperazine rings is 1. The number of carbonyl (C=O) groups excluding carboxylic acids is 2. The van der Waals surface area contributed by atoms with Crippen molar-refractivity contribution in [2.24, 2.45) is 0 Å². The van der Waals surface area contributed by atoms with Gasteiger partial charge in [-0.15, -0.1) is 0 Å². The average molecular weight is 319 g/mol. The van der Waals surface area contributed by atoms with Crippen LogP contribution in [-0.2, 0) is 4.74 Å². The lowest BCUT2D eigenvalue weighted by atomic mass is 10.1. The summed E-state index contributed by atoms with van der Waals surface area (Å²) >= 11 is 0. The molecule has 126 valence electrons. The zero-order chi connectivity index (χ0) is 16.6. The van der Waals surface area contributed by atoms with E-state index in [1.54, 1.807) is 4.90 Å². The Morgan fingerprint density at radius 3 is 2.39 bits per heavy atom. The van der Waals surface area contributed by atoms with Gasteiger partial charge in [-0.05, 0) is 32.8 Å². The molecular formula is C17H25N3O3. The Morgan fingerprint density at radius 1 is 1.17 bits per heavy atom. The second kappa shape index (κ2) is 6.35. The molecule has 2 heterocycles. The molecule has 0 unspecified atom stereocenters. The zero-order valence-electron chi connectivity index (χ0n) is 14.2. The van der Waals surface area contributed by atoms with Crippen LogP contribution in [0.2, 0.25) is 0 Å². The fourth-order valence-corrected chi connectivity index (χ4v) is 3.46. The minimum atomic E-state index is -0.288. The van der Waals surface area contributed by atoms with E-state index in [0.717, 1.165) is 11.3 Å². The Labute approximate surface area is 137 Å². The van der Waals surface area contributed by atoms with E-state index in [2.05, 4.69) is 16.4 Å². The smallest absolute Gasteiger partial charge is 0.409 e. The van der Waals surface area contributed by atoms with Gasteiger partial charge < -0.3 is 14.2 Å². The van der Waals surface area contributed by atoms with E-state index in [4.69, 9.17) is 4.74 Å². The van der Waals surface area contributed by atoms with Crippen molar-refractivity contribution in [1.29, 1.82) is 0 Å². The normalized spacial score (nSPS) is 19.0. The van der Waals surface area contributed by atoms with Gasteiger partial charge in [0.25, 0.3) is 0 Å². The van der Waals surface area contributed by atoms with E-state index in [1.807, 2.05) is 13.0 Å². The number of amides is 1. The van der Waals surface area contributed by atoms with Gasteiger partial charge in [-0.1, -0.05) is 0 Å². The molecular weight excluding hydrogens is 294 g/mol. The second-order valence-electron chi connectivity index (χ2n) is 6.54. The fraction of sp³-hybridized carbons (Fsp3) is 0.647. The number of methoxy groups -OCH3 is 1. The van der Waals surface area contributed by atoms with Gasteiger partial charge >= 0.3 is 6.09 Å². The topological polar surface area (TPSA) is 54.8 Å². The third-order valence-electron chi connectivity index (χ3n) is 4.87. The summed E-state index contributed by atoms with van der Waals surface area (Å²) in [4.78, 5) is 27.9. The van der Waals surface area contributed by atoms with Crippen LogP contribution >= 0.6 is 0 Å². The Kier molecular flexibility index (Phi) is 4.43. The Hall–Kier alpha value is -1.82. The number of ketones is 1. The van der Waals surface area contributed by atoms with E-state index < -0.39 is 0 Å². The summed E-state index contributed by atoms with van der Waals surface area (Å²) in [6, 6.07) is 2.63. The van der Waals surface area contributed by atoms with Gasteiger partial charge in [-0.25, -0.2) is 4.79 Å². The molecule has 1 aromatic heterocycles. The Morgan fingerprint density at radius 2 is 1.83 bits per heavy atom. The number of hydrogen-bond donors (Lipinski definition) is 0. The minimum absolute atomic E-state index is 0.177. The molecule has 0 aromatic carbocycles. The molecule has 2 aliphatic rings. The summed E-state index contributed by atoms with van der Waals surface area (Å²) in [5, 5.41) is 0. The van der Waals surface area contributed by atoms with Crippen LogP contribution in [0, 0.1) is 13.8 Å². The number of hydrogen-bond acceptors (Lipinski definition) is 4. The molecule has 0 bridgehead atoms. The summed E-state index contributed by atoms with van der Waals surface area (Å²) in [5.41, 5.74) is 3.14. The SMILES string of the molecule is COC(=O)N1CCN(CC(=O)c2cc(C)n(C3CC3)c2C)CC1. The minimum Gasteiger partial charge on any atom is -0.453 e. The van der Waals surface area contributed by atoms with Crippen molar-refractivity contribution in [3.8, 4) is 0 Å². The molecule has 0 spiro atoms. The molecule has 1 saturated heterocycles. The average Bonchev–Trinajstić information content (AvgIpc) is 3.32. The predicted molar refractivity (Wildman–Crippen MR) is 86.9 cm³/mol. The summed E-state index contributed by atoms with van der Waals surface area (Å²) in [6.07, 6.45) is 2.16. The molecule has 3 rings (SSSR count). The standard InChI is InChI=1S/C17H25N3O3/c1-12-10-15(13(2)20(12)14-4-5-14)16(21)11-18-6-8-19(9-7-18)17(22)23-3/h10,14H,4-9,11H2,1-3H3. The van der Waals surface area contributed by atoms with Gasteiger partial charge in [-0.2, -0.15) is 0 Å². The quantitative estimate of drug-likeness (QED) is 0.797. The largest absolute Gasteiger partial charge is 0.453 e. The van der Waals surface area contributed by atoms with Gasteiger partial charge in [0.2, 0.25) is 0 Å². The summed E-state index contributed by atoms with van der Waals surface area (Å²) < 4.78 is 7.04. The third-order valence-corrected chi connectivity index (χ3v) is 4.87. The first-order chi connectivity index (χ1) is 11.0. The molecule has 2 fully saturated rings. The first-order valence-electron chi connectivity index (χ1n) is 8.28. The number of rotatable bonds is 4. The van der Waals surface area contributed by atoms with Crippen LogP contribution in [0.4, 0.5) is 4.79 Å². The molecule has 1 aliphatic heterocycles. The van der Waals surface area contributed by atoms with Crippen molar-refractivity contribution in [2.75, 3.05) is 39.8 Å². The third kappa shape index (κ3) is 3.27. The van der Waals surface area contributed by atoms with Crippen molar-refractivity contribution in [3.05, 3.63) is 23.0 Å². The van der Waals surface area contributed by atoms with Gasteiger partial charge in [-0.3, -0.25) is 9.69 Å². The fourth-order valence-electron chi connectivity index (χ4n) is 3.46. The maximum Gasteiger partial charge on any atom is 0.409 e. The Balaban J connectivity index is 1.60. The first kappa shape index (κ1) is 16.1. The van der Waals surface area contributed by atoms with Crippen molar-refractivity contribution >= 4 is 11.9 Å². The number of nitrogens with zero attached hydrogens (tertiary/aromatic N) is 3. The highest BCUT2D eigenvalue weighted by Gasteiger charge is 2.29. The lowest BCUT2D eigenvalue weighted by molar-refractivity contribution is 0.0790. The predicted octanol–water partition coefficient (Wildman–Crippen LogP) is 2.01. The van der Waals surface area contributed by atoms with E-state index in [1.165, 1.54) is 25.6 Å². The lowest BCUT2D eigenvalue weighted by Crippen LogP contribution is -2.49. The van der Waals surface area contributed by atoms with Crippen LogP contribution in [0.1, 0.15) is 40.6 Å². The maximum atomic E-state index is 12.7. The van der Waals surface area contributed by atoms with E-state index in [-0.39, 0.29) is 11.9 Å². The molecule has 0 N–H and O–H groups in total. The van der Waals surface area contributed by atoms with Crippen molar-refractivity contribution in [1.82, 2.24) is 14.4 Å². The second-order valence-corrected chi connectivity index (χ2v) is 6.54. The highest BCUT2D eigenvalue weighted by Crippen LogP contribution is 2.38. The van der Waals surface area contributed by atoms with Crippen LogP contribution in [0.15, 0.2) is 6.07 Å². The van der Waals surface area contributed by atoms with Crippen LogP contribution in [-0.4, -0.2) is 66.1 Å². The molecule has 0 atom stereocenters. The summed E-state index contributed by atoms with van der Waals surface area (Å²) in [5.74, 6) is 0.177. The summed E-state index contributed by atoms with van der Waals surface area (Å²) in [7, 11) is 1.40. The molecule has 6 nitrogen and oxygen atoms in total. The van der Waals surface area contributed by atoms with E-state index >= 15 is 0 Å². The van der Waals surface area contributed by atoms with Crippen LogP contribution in [0.5, 0.6) is 0 Å². The van der Waals surface area contributed by atoms with Gasteiger partial charge in [0.15, 0.2) is 5.78 Å². The van der Waals surface area contributed by atoms with Gasteiger partial charge in [0, 0.05) is 49.2 Å². The molecule has 23 heavy (non-hydrogen) atoms. The highest BCUT2D eigenvalue weighted by atomic mass is 16.5. The lowest BCUT2D eigenvalue weighted by Gasteiger charge is -2.33. The summed E-state index contributed by atoms with van der Waals surface area (Å²) in [6.45, 7) is 7.20. The molecule has 1 aromatic rings. The van der Waals surface area contributed by atoms with Crippen LogP contribution < -0.4 is 0 Å². The molecule has 0 radical (unpaired) electrons. The van der Waals surface area contributed by atoms with Crippen molar-refractivity contribution in [2.45, 2.75) is 32.7 Å². The van der Waals surface area contributed by atoms with Crippen molar-refractivity contribution in [3.63, 3.8) is 0 Å². The molecule has 1 amide bonds. The highest BCUT2D eigenvalue weighted by molar-refractivity contribution is 5.99.